The van der Waals surface area contributed by atoms with Gasteiger partial charge in [-0.25, -0.2) is 4.98 Å². The molecule has 0 aromatic carbocycles. The quantitative estimate of drug-likeness (QED) is 0.620. The van der Waals surface area contributed by atoms with Gasteiger partial charge in [-0.15, -0.1) is 0 Å². The Kier molecular flexibility index (Phi) is 4.91. The third-order valence-corrected chi connectivity index (χ3v) is 2.61. The fraction of sp³-hybridized carbons (Fsp3) is 0.400. The molecule has 0 aliphatic carbocycles. The SMILES string of the molecule is CCOc1nc(SCC(=O)OC)ccc1N. The van der Waals surface area contributed by atoms with Gasteiger partial charge in [-0.2, -0.15) is 0 Å². The molecule has 0 bridgehead atoms. The average Bonchev–Trinajstić information content (AvgIpc) is 2.30. The van der Waals surface area contributed by atoms with E-state index in [4.69, 9.17) is 10.5 Å². The monoisotopic (exact) mass is 242 g/mol. The molecule has 0 aliphatic heterocycles. The van der Waals surface area contributed by atoms with Crippen molar-refractivity contribution in [3.8, 4) is 5.88 Å². The highest BCUT2D eigenvalue weighted by Crippen LogP contribution is 2.24. The molecule has 0 atom stereocenters. The Morgan fingerprint density at radius 3 is 2.94 bits per heavy atom. The number of thioether (sulfide) groups is 1. The fourth-order valence-electron chi connectivity index (χ4n) is 0.959. The standard InChI is InChI=1S/C10H14N2O3S/c1-3-15-10-7(11)4-5-8(12-10)16-6-9(13)14-2/h4-5H,3,6,11H2,1-2H3. The zero-order chi connectivity index (χ0) is 12.0. The van der Waals surface area contributed by atoms with Gasteiger partial charge in [0, 0.05) is 0 Å². The molecule has 0 spiro atoms. The summed E-state index contributed by atoms with van der Waals surface area (Å²) in [6, 6.07) is 3.45. The van der Waals surface area contributed by atoms with Crippen molar-refractivity contribution in [2.45, 2.75) is 11.9 Å². The van der Waals surface area contributed by atoms with Crippen LogP contribution in [0.25, 0.3) is 0 Å². The molecule has 2 N–H and O–H groups in total. The Morgan fingerprint density at radius 1 is 1.56 bits per heavy atom. The second kappa shape index (κ2) is 6.22. The molecule has 88 valence electrons. The molecule has 0 unspecified atom stereocenters. The highest BCUT2D eigenvalue weighted by atomic mass is 32.2. The Hall–Kier alpha value is -1.43. The van der Waals surface area contributed by atoms with Crippen molar-refractivity contribution in [3.63, 3.8) is 0 Å². The van der Waals surface area contributed by atoms with Crippen LogP contribution in [0.2, 0.25) is 0 Å². The summed E-state index contributed by atoms with van der Waals surface area (Å²) in [6.45, 7) is 2.36. The molecular formula is C10H14N2O3S. The Balaban J connectivity index is 2.67. The predicted octanol–water partition coefficient (Wildman–Crippen LogP) is 1.33. The summed E-state index contributed by atoms with van der Waals surface area (Å²) in [6.07, 6.45) is 0. The lowest BCUT2D eigenvalue weighted by Crippen LogP contribution is -2.04. The number of aromatic nitrogens is 1. The molecule has 6 heteroatoms. The van der Waals surface area contributed by atoms with E-state index in [9.17, 15) is 4.79 Å². The van der Waals surface area contributed by atoms with Crippen LogP contribution >= 0.6 is 11.8 Å². The average molecular weight is 242 g/mol. The first-order valence-corrected chi connectivity index (χ1v) is 5.74. The van der Waals surface area contributed by atoms with Crippen molar-refractivity contribution in [1.29, 1.82) is 0 Å². The van der Waals surface area contributed by atoms with Crippen molar-refractivity contribution in [3.05, 3.63) is 12.1 Å². The molecule has 0 saturated heterocycles. The number of rotatable bonds is 5. The van der Waals surface area contributed by atoms with Crippen molar-refractivity contribution in [2.24, 2.45) is 0 Å². The van der Waals surface area contributed by atoms with E-state index in [1.54, 1.807) is 12.1 Å². The van der Waals surface area contributed by atoms with E-state index in [-0.39, 0.29) is 11.7 Å². The van der Waals surface area contributed by atoms with Crippen LogP contribution < -0.4 is 10.5 Å². The van der Waals surface area contributed by atoms with Crippen LogP contribution in [0.1, 0.15) is 6.92 Å². The van der Waals surface area contributed by atoms with Gasteiger partial charge in [0.25, 0.3) is 0 Å². The number of pyridine rings is 1. The first-order chi connectivity index (χ1) is 7.67. The molecule has 0 saturated carbocycles. The number of ether oxygens (including phenoxy) is 2. The molecule has 5 nitrogen and oxygen atoms in total. The molecule has 0 radical (unpaired) electrons. The number of nitrogens with two attached hydrogens (primary N) is 1. The zero-order valence-electron chi connectivity index (χ0n) is 9.23. The smallest absolute Gasteiger partial charge is 0.316 e. The Bertz CT molecular complexity index is 371. The third kappa shape index (κ3) is 3.62. The number of methoxy groups -OCH3 is 1. The second-order valence-electron chi connectivity index (χ2n) is 2.84. The summed E-state index contributed by atoms with van der Waals surface area (Å²) in [5.41, 5.74) is 6.16. The molecule has 1 rings (SSSR count). The van der Waals surface area contributed by atoms with E-state index in [1.165, 1.54) is 18.9 Å². The molecule has 1 aromatic heterocycles. The minimum atomic E-state index is -0.290. The molecule has 16 heavy (non-hydrogen) atoms. The van der Waals surface area contributed by atoms with Gasteiger partial charge in [-0.3, -0.25) is 4.79 Å². The summed E-state index contributed by atoms with van der Waals surface area (Å²) in [7, 11) is 1.35. The minimum Gasteiger partial charge on any atom is -0.476 e. The van der Waals surface area contributed by atoms with E-state index < -0.39 is 0 Å². The van der Waals surface area contributed by atoms with Crippen LogP contribution in [-0.2, 0) is 9.53 Å². The van der Waals surface area contributed by atoms with E-state index in [0.29, 0.717) is 23.2 Å². The van der Waals surface area contributed by atoms with Gasteiger partial charge in [0.1, 0.15) is 5.03 Å². The van der Waals surface area contributed by atoms with Crippen molar-refractivity contribution >= 4 is 23.4 Å². The number of hydrogen-bond donors (Lipinski definition) is 1. The Morgan fingerprint density at radius 2 is 2.31 bits per heavy atom. The second-order valence-corrected chi connectivity index (χ2v) is 3.84. The van der Waals surface area contributed by atoms with E-state index in [2.05, 4.69) is 9.72 Å². The number of nitrogen functional groups attached to an aromatic ring is 1. The summed E-state index contributed by atoms with van der Waals surface area (Å²) in [5.74, 6) is 0.331. The predicted molar refractivity (Wildman–Crippen MR) is 62.6 cm³/mol. The first kappa shape index (κ1) is 12.6. The third-order valence-electron chi connectivity index (χ3n) is 1.71. The maximum atomic E-state index is 10.9. The van der Waals surface area contributed by atoms with Crippen LogP contribution in [0.3, 0.4) is 0 Å². The number of carbonyl (C=O) groups excluding carboxylic acids is 1. The number of esters is 1. The van der Waals surface area contributed by atoms with Crippen LogP contribution in [0.4, 0.5) is 5.69 Å². The van der Waals surface area contributed by atoms with Crippen LogP contribution in [-0.4, -0.2) is 30.4 Å². The zero-order valence-corrected chi connectivity index (χ0v) is 10.0. The van der Waals surface area contributed by atoms with E-state index in [1.807, 2.05) is 6.92 Å². The van der Waals surface area contributed by atoms with Gasteiger partial charge in [-0.05, 0) is 19.1 Å². The summed E-state index contributed by atoms with van der Waals surface area (Å²) >= 11 is 1.28. The summed E-state index contributed by atoms with van der Waals surface area (Å²) in [5, 5.41) is 0.683. The largest absolute Gasteiger partial charge is 0.476 e. The van der Waals surface area contributed by atoms with Gasteiger partial charge >= 0.3 is 5.97 Å². The van der Waals surface area contributed by atoms with Crippen LogP contribution in [0.15, 0.2) is 17.2 Å². The number of carbonyl (C=O) groups is 1. The minimum absolute atomic E-state index is 0.221. The van der Waals surface area contributed by atoms with Gasteiger partial charge < -0.3 is 15.2 Å². The highest BCUT2D eigenvalue weighted by Gasteiger charge is 2.07. The lowest BCUT2D eigenvalue weighted by Gasteiger charge is -2.07. The summed E-state index contributed by atoms with van der Waals surface area (Å²) in [4.78, 5) is 15.1. The Labute approximate surface area is 98.3 Å². The highest BCUT2D eigenvalue weighted by molar-refractivity contribution is 7.99. The van der Waals surface area contributed by atoms with E-state index in [0.717, 1.165) is 0 Å². The number of nitrogens with zero attached hydrogens (tertiary/aromatic N) is 1. The van der Waals surface area contributed by atoms with E-state index >= 15 is 0 Å². The molecular weight excluding hydrogens is 228 g/mol. The topological polar surface area (TPSA) is 74.4 Å². The maximum absolute atomic E-state index is 10.9. The lowest BCUT2D eigenvalue weighted by atomic mass is 10.4. The molecule has 1 aromatic rings. The van der Waals surface area contributed by atoms with Gasteiger partial charge in [0.2, 0.25) is 5.88 Å². The van der Waals surface area contributed by atoms with Crippen LogP contribution in [0.5, 0.6) is 5.88 Å². The number of hydrogen-bond acceptors (Lipinski definition) is 6. The first-order valence-electron chi connectivity index (χ1n) is 4.76. The molecule has 0 fully saturated rings. The van der Waals surface area contributed by atoms with Crippen molar-refractivity contribution < 1.29 is 14.3 Å². The van der Waals surface area contributed by atoms with Crippen molar-refractivity contribution in [2.75, 3.05) is 25.2 Å². The van der Waals surface area contributed by atoms with Gasteiger partial charge in [-0.1, -0.05) is 11.8 Å². The van der Waals surface area contributed by atoms with Gasteiger partial charge in [0.15, 0.2) is 0 Å². The van der Waals surface area contributed by atoms with Crippen molar-refractivity contribution in [1.82, 2.24) is 4.98 Å². The molecule has 0 amide bonds. The number of anilines is 1. The molecule has 1 heterocycles. The molecule has 0 aliphatic rings. The maximum Gasteiger partial charge on any atom is 0.316 e. The lowest BCUT2D eigenvalue weighted by molar-refractivity contribution is -0.137. The fourth-order valence-corrected chi connectivity index (χ4v) is 1.65. The summed E-state index contributed by atoms with van der Waals surface area (Å²) < 4.78 is 9.77. The van der Waals surface area contributed by atoms with Crippen LogP contribution in [0, 0.1) is 0 Å². The normalized spacial score (nSPS) is 9.88. The van der Waals surface area contributed by atoms with Gasteiger partial charge in [0.05, 0.1) is 25.2 Å².